The molecule has 0 aliphatic carbocycles. The minimum absolute atomic E-state index is 0.0326. The number of likely N-dealkylation sites (tertiary alicyclic amines) is 1. The molecule has 7 nitrogen and oxygen atoms in total. The van der Waals surface area contributed by atoms with Crippen molar-refractivity contribution in [3.63, 3.8) is 0 Å². The number of β-amino-alcohol motifs (C(OH)–C–C–N with tert-alkyl or cyclic N) is 1. The number of carbonyl (C=O) groups is 1. The molecule has 0 aromatic heterocycles. The minimum Gasteiger partial charge on any atom is -0.392 e. The number of benzene rings is 2. The van der Waals surface area contributed by atoms with Crippen molar-refractivity contribution in [2.75, 3.05) is 31.2 Å². The predicted molar refractivity (Wildman–Crippen MR) is 118 cm³/mol. The van der Waals surface area contributed by atoms with Crippen molar-refractivity contribution in [1.82, 2.24) is 10.2 Å². The Balaban J connectivity index is 1.32. The number of anilines is 1. The van der Waals surface area contributed by atoms with Gasteiger partial charge in [-0.25, -0.2) is 0 Å². The Bertz CT molecular complexity index is 866. The summed E-state index contributed by atoms with van der Waals surface area (Å²) >= 11 is 0. The van der Waals surface area contributed by atoms with Gasteiger partial charge in [-0.15, -0.1) is 0 Å². The molecular formula is C24H31N3O4. The Morgan fingerprint density at radius 3 is 2.32 bits per heavy atom. The molecule has 7 heteroatoms. The average molecular weight is 426 g/mol. The molecule has 2 atom stereocenters. The van der Waals surface area contributed by atoms with E-state index in [2.05, 4.69) is 15.1 Å². The van der Waals surface area contributed by atoms with Crippen molar-refractivity contribution in [2.45, 2.75) is 43.6 Å². The molecule has 2 aliphatic heterocycles. The molecule has 0 unspecified atom stereocenters. The van der Waals surface area contributed by atoms with E-state index in [9.17, 15) is 15.0 Å². The van der Waals surface area contributed by atoms with Gasteiger partial charge in [0, 0.05) is 31.7 Å². The molecular weight excluding hydrogens is 394 g/mol. The van der Waals surface area contributed by atoms with E-state index in [0.29, 0.717) is 26.1 Å². The molecule has 4 rings (SSSR count). The van der Waals surface area contributed by atoms with Crippen LogP contribution in [0.5, 0.6) is 0 Å². The highest BCUT2D eigenvalue weighted by Crippen LogP contribution is 2.36. The summed E-state index contributed by atoms with van der Waals surface area (Å²) in [5.41, 5.74) is 2.04. The lowest BCUT2D eigenvalue weighted by molar-refractivity contribution is -0.125. The first-order chi connectivity index (χ1) is 15.0. The average Bonchev–Trinajstić information content (AvgIpc) is 3.11. The van der Waals surface area contributed by atoms with E-state index < -0.39 is 17.7 Å². The molecule has 0 radical (unpaired) electrons. The molecule has 0 saturated carbocycles. The Hall–Kier alpha value is -2.45. The van der Waals surface area contributed by atoms with Crippen molar-refractivity contribution >= 4 is 11.6 Å². The van der Waals surface area contributed by atoms with Gasteiger partial charge in [0.15, 0.2) is 0 Å². The summed E-state index contributed by atoms with van der Waals surface area (Å²) in [4.78, 5) is 17.1. The van der Waals surface area contributed by atoms with Gasteiger partial charge in [0.25, 0.3) is 0 Å². The Morgan fingerprint density at radius 1 is 1.00 bits per heavy atom. The van der Waals surface area contributed by atoms with Crippen LogP contribution < -0.4 is 10.2 Å². The number of piperidine rings is 1. The first-order valence-corrected chi connectivity index (χ1v) is 10.9. The molecule has 2 aromatic rings. The van der Waals surface area contributed by atoms with Crippen LogP contribution in [0.25, 0.3) is 0 Å². The van der Waals surface area contributed by atoms with E-state index in [1.165, 1.54) is 0 Å². The summed E-state index contributed by atoms with van der Waals surface area (Å²) in [6.07, 6.45) is 0.228. The molecule has 2 aromatic carbocycles. The van der Waals surface area contributed by atoms with Crippen LogP contribution in [0.4, 0.5) is 5.69 Å². The summed E-state index contributed by atoms with van der Waals surface area (Å²) in [5, 5.41) is 33.1. The smallest absolute Gasteiger partial charge is 0.247 e. The number of para-hydroxylation sites is 1. The third-order valence-electron chi connectivity index (χ3n) is 6.60. The van der Waals surface area contributed by atoms with E-state index in [1.807, 2.05) is 30.3 Å². The monoisotopic (exact) mass is 425 g/mol. The molecule has 2 fully saturated rings. The van der Waals surface area contributed by atoms with E-state index in [-0.39, 0.29) is 18.9 Å². The Labute approximate surface area is 182 Å². The maximum absolute atomic E-state index is 12.7. The lowest BCUT2D eigenvalue weighted by atomic mass is 9.85. The van der Waals surface area contributed by atoms with Gasteiger partial charge in [-0.05, 0) is 36.1 Å². The van der Waals surface area contributed by atoms with Crippen molar-refractivity contribution in [3.8, 4) is 0 Å². The molecule has 166 valence electrons. The van der Waals surface area contributed by atoms with E-state index in [1.54, 1.807) is 24.3 Å². The topological polar surface area (TPSA) is 96.3 Å². The summed E-state index contributed by atoms with van der Waals surface area (Å²) in [7, 11) is 0. The molecule has 1 spiro atoms. The van der Waals surface area contributed by atoms with Gasteiger partial charge >= 0.3 is 0 Å². The summed E-state index contributed by atoms with van der Waals surface area (Å²) < 4.78 is 0. The van der Waals surface area contributed by atoms with Gasteiger partial charge in [-0.3, -0.25) is 4.79 Å². The quantitative estimate of drug-likeness (QED) is 0.536. The van der Waals surface area contributed by atoms with Crippen molar-refractivity contribution in [2.24, 2.45) is 0 Å². The third kappa shape index (κ3) is 4.60. The maximum Gasteiger partial charge on any atom is 0.247 e. The normalized spacial score (nSPS) is 20.6. The number of hydrogen-bond donors (Lipinski definition) is 4. The zero-order chi connectivity index (χ0) is 21.8. The maximum atomic E-state index is 12.7. The minimum atomic E-state index is -0.756. The number of aliphatic hydroxyl groups excluding tert-OH is 3. The number of amides is 1. The van der Waals surface area contributed by atoms with Crippen LogP contribution >= 0.6 is 0 Å². The Morgan fingerprint density at radius 2 is 1.68 bits per heavy atom. The number of rotatable bonds is 7. The van der Waals surface area contributed by atoms with Gasteiger partial charge in [0.1, 0.15) is 5.54 Å². The largest absolute Gasteiger partial charge is 0.392 e. The van der Waals surface area contributed by atoms with Crippen LogP contribution in [0.15, 0.2) is 54.6 Å². The second-order valence-electron chi connectivity index (χ2n) is 8.56. The lowest BCUT2D eigenvalue weighted by Gasteiger charge is -2.43. The second kappa shape index (κ2) is 9.36. The zero-order valence-electron chi connectivity index (χ0n) is 17.7. The van der Waals surface area contributed by atoms with Crippen LogP contribution in [-0.4, -0.2) is 64.1 Å². The van der Waals surface area contributed by atoms with Crippen LogP contribution in [0.3, 0.4) is 0 Å². The van der Waals surface area contributed by atoms with Gasteiger partial charge in [0.2, 0.25) is 5.91 Å². The number of hydrogen-bond acceptors (Lipinski definition) is 6. The van der Waals surface area contributed by atoms with Crippen LogP contribution in [0, 0.1) is 0 Å². The van der Waals surface area contributed by atoms with Crippen LogP contribution in [-0.2, 0) is 11.4 Å². The van der Waals surface area contributed by atoms with Crippen molar-refractivity contribution in [3.05, 3.63) is 65.7 Å². The third-order valence-corrected chi connectivity index (χ3v) is 6.60. The standard InChI is InChI=1S/C24H31N3O4/c28-16-18-6-8-19(9-7-18)22(30)14-21(29)15-26-12-10-24(11-13-26)23(31)25-17-27(24)20-4-2-1-3-5-20/h1-9,21-22,28-30H,10-17H2,(H,25,31)/t21-,22+/m0/s1. The highest BCUT2D eigenvalue weighted by atomic mass is 16.3. The molecule has 2 aliphatic rings. The zero-order valence-corrected chi connectivity index (χ0v) is 17.7. The number of aliphatic hydroxyl groups is 3. The fourth-order valence-corrected chi connectivity index (χ4v) is 4.75. The van der Waals surface area contributed by atoms with Gasteiger partial charge in [0.05, 0.1) is 25.5 Å². The SMILES string of the molecule is O=C1NCN(c2ccccc2)C12CCN(C[C@@H](O)C[C@@H](O)c1ccc(CO)cc1)CC2. The fourth-order valence-electron chi connectivity index (χ4n) is 4.75. The molecule has 2 heterocycles. The summed E-state index contributed by atoms with van der Waals surface area (Å²) in [6.45, 7) is 2.39. The van der Waals surface area contributed by atoms with Crippen LogP contribution in [0.2, 0.25) is 0 Å². The number of nitrogens with zero attached hydrogens (tertiary/aromatic N) is 2. The van der Waals surface area contributed by atoms with Crippen molar-refractivity contribution < 1.29 is 20.1 Å². The van der Waals surface area contributed by atoms with E-state index in [4.69, 9.17) is 5.11 Å². The summed E-state index contributed by atoms with van der Waals surface area (Å²) in [6, 6.07) is 17.1. The first-order valence-electron chi connectivity index (χ1n) is 10.9. The molecule has 1 amide bonds. The molecule has 4 N–H and O–H groups in total. The predicted octanol–water partition coefficient (Wildman–Crippen LogP) is 1.39. The highest BCUT2D eigenvalue weighted by Gasteiger charge is 2.50. The molecule has 31 heavy (non-hydrogen) atoms. The van der Waals surface area contributed by atoms with Gasteiger partial charge in [-0.2, -0.15) is 0 Å². The van der Waals surface area contributed by atoms with Gasteiger partial charge in [-0.1, -0.05) is 42.5 Å². The van der Waals surface area contributed by atoms with Gasteiger partial charge < -0.3 is 30.4 Å². The van der Waals surface area contributed by atoms with Crippen molar-refractivity contribution in [1.29, 1.82) is 0 Å². The molecule has 0 bridgehead atoms. The van der Waals surface area contributed by atoms with E-state index in [0.717, 1.165) is 29.9 Å². The summed E-state index contributed by atoms with van der Waals surface area (Å²) in [5.74, 6) is 0.0818. The van der Waals surface area contributed by atoms with E-state index >= 15 is 0 Å². The second-order valence-corrected chi connectivity index (χ2v) is 8.56. The lowest BCUT2D eigenvalue weighted by Crippen LogP contribution is -2.57. The fraction of sp³-hybridized carbons (Fsp3) is 0.458. The first kappa shape index (κ1) is 21.8. The molecule has 2 saturated heterocycles. The van der Waals surface area contributed by atoms with Crippen LogP contribution in [0.1, 0.15) is 36.5 Å². The number of nitrogens with one attached hydrogen (secondary N) is 1. The number of carbonyl (C=O) groups excluding carboxylic acids is 1. The Kier molecular flexibility index (Phi) is 6.57. The highest BCUT2D eigenvalue weighted by molar-refractivity contribution is 5.93.